The van der Waals surface area contributed by atoms with Gasteiger partial charge in [0.1, 0.15) is 11.9 Å². The van der Waals surface area contributed by atoms with Crippen molar-refractivity contribution in [2.24, 2.45) is 0 Å². The van der Waals surface area contributed by atoms with Gasteiger partial charge in [-0.25, -0.2) is 0 Å². The number of carbonyl (C=O) groups is 1. The van der Waals surface area contributed by atoms with Crippen molar-refractivity contribution in [1.29, 1.82) is 0 Å². The van der Waals surface area contributed by atoms with Crippen LogP contribution in [-0.2, 0) is 0 Å². The summed E-state index contributed by atoms with van der Waals surface area (Å²) < 4.78 is 5.84. The van der Waals surface area contributed by atoms with Crippen LogP contribution in [0.3, 0.4) is 0 Å². The number of pyridine rings is 1. The number of hydrogen-bond acceptors (Lipinski definition) is 4. The smallest absolute Gasteiger partial charge is 0.170 e. The van der Waals surface area contributed by atoms with Gasteiger partial charge in [-0.15, -0.1) is 0 Å². The van der Waals surface area contributed by atoms with Gasteiger partial charge in [0.2, 0.25) is 0 Å². The Morgan fingerprint density at radius 3 is 2.78 bits per heavy atom. The zero-order valence-corrected chi connectivity index (χ0v) is 9.67. The molecule has 0 amide bonds. The van der Waals surface area contributed by atoms with Crippen LogP contribution in [0.5, 0.6) is 5.75 Å². The highest BCUT2D eigenvalue weighted by Gasteiger charge is 2.27. The summed E-state index contributed by atoms with van der Waals surface area (Å²) in [6.07, 6.45) is 3.49. The molecular formula is C14H12N2O2. The number of nitrogens with zero attached hydrogens (tertiary/aromatic N) is 1. The lowest BCUT2D eigenvalue weighted by molar-refractivity contribution is 0.0850. The van der Waals surface area contributed by atoms with Crippen molar-refractivity contribution in [1.82, 2.24) is 4.98 Å². The monoisotopic (exact) mass is 240 g/mol. The van der Waals surface area contributed by atoms with E-state index in [0.29, 0.717) is 23.4 Å². The molecule has 3 rings (SSSR count). The lowest BCUT2D eigenvalue weighted by Crippen LogP contribution is -2.20. The minimum absolute atomic E-state index is 0.0605. The molecule has 1 aromatic heterocycles. The number of benzene rings is 1. The van der Waals surface area contributed by atoms with E-state index >= 15 is 0 Å². The maximum absolute atomic E-state index is 12.1. The zero-order chi connectivity index (χ0) is 12.5. The molecule has 4 nitrogen and oxygen atoms in total. The summed E-state index contributed by atoms with van der Waals surface area (Å²) in [5, 5.41) is 0. The number of aromatic nitrogens is 1. The number of nitrogens with two attached hydrogens (primary N) is 1. The highest BCUT2D eigenvalue weighted by molar-refractivity contribution is 6.00. The number of hydrogen-bond donors (Lipinski definition) is 1. The minimum atomic E-state index is -0.239. The van der Waals surface area contributed by atoms with Crippen molar-refractivity contribution in [2.45, 2.75) is 12.5 Å². The van der Waals surface area contributed by atoms with Crippen LogP contribution >= 0.6 is 0 Å². The maximum atomic E-state index is 12.1. The Kier molecular flexibility index (Phi) is 2.48. The normalized spacial score (nSPS) is 18.0. The third-order valence-corrected chi connectivity index (χ3v) is 3.02. The molecule has 0 radical (unpaired) electrons. The lowest BCUT2D eigenvalue weighted by atomic mass is 9.96. The van der Waals surface area contributed by atoms with E-state index < -0.39 is 0 Å². The largest absolute Gasteiger partial charge is 0.484 e. The first-order chi connectivity index (χ1) is 8.74. The fourth-order valence-electron chi connectivity index (χ4n) is 2.11. The van der Waals surface area contributed by atoms with Crippen molar-refractivity contribution in [3.8, 4) is 5.75 Å². The molecule has 2 N–H and O–H groups in total. The van der Waals surface area contributed by atoms with E-state index in [9.17, 15) is 4.79 Å². The highest BCUT2D eigenvalue weighted by Crippen LogP contribution is 2.35. The van der Waals surface area contributed by atoms with Crippen molar-refractivity contribution >= 4 is 11.5 Å². The number of carbonyl (C=O) groups excluding carboxylic acids is 1. The Labute approximate surface area is 104 Å². The SMILES string of the molecule is Nc1ccc2c(c1)C(=O)CC(c1ccncc1)O2. The quantitative estimate of drug-likeness (QED) is 0.777. The predicted molar refractivity (Wildman–Crippen MR) is 67.4 cm³/mol. The zero-order valence-electron chi connectivity index (χ0n) is 9.67. The molecule has 0 saturated heterocycles. The van der Waals surface area contributed by atoms with Crippen LogP contribution in [0.25, 0.3) is 0 Å². The highest BCUT2D eigenvalue weighted by atomic mass is 16.5. The van der Waals surface area contributed by atoms with E-state index in [2.05, 4.69) is 4.98 Å². The number of anilines is 1. The molecule has 1 unspecified atom stereocenters. The molecule has 1 atom stereocenters. The Hall–Kier alpha value is -2.36. The fraction of sp³-hybridized carbons (Fsp3) is 0.143. The molecule has 2 aromatic rings. The van der Waals surface area contributed by atoms with Crippen molar-refractivity contribution in [3.05, 3.63) is 53.9 Å². The molecule has 0 fully saturated rings. The van der Waals surface area contributed by atoms with Gasteiger partial charge in [0, 0.05) is 18.1 Å². The van der Waals surface area contributed by atoms with Crippen LogP contribution in [-0.4, -0.2) is 10.8 Å². The van der Waals surface area contributed by atoms with Crippen LogP contribution in [0.1, 0.15) is 28.4 Å². The van der Waals surface area contributed by atoms with Crippen LogP contribution < -0.4 is 10.5 Å². The average Bonchev–Trinajstić information content (AvgIpc) is 2.40. The minimum Gasteiger partial charge on any atom is -0.484 e. The molecule has 0 saturated carbocycles. The summed E-state index contributed by atoms with van der Waals surface area (Å²) in [7, 11) is 0. The Bertz CT molecular complexity index is 596. The van der Waals surface area contributed by atoms with E-state index in [-0.39, 0.29) is 11.9 Å². The van der Waals surface area contributed by atoms with Gasteiger partial charge >= 0.3 is 0 Å². The van der Waals surface area contributed by atoms with Gasteiger partial charge in [0.05, 0.1) is 12.0 Å². The van der Waals surface area contributed by atoms with Gasteiger partial charge in [-0.05, 0) is 35.9 Å². The molecule has 0 spiro atoms. The molecule has 2 heterocycles. The summed E-state index contributed by atoms with van der Waals surface area (Å²) in [6.45, 7) is 0. The van der Waals surface area contributed by atoms with Crippen molar-refractivity contribution in [3.63, 3.8) is 0 Å². The van der Waals surface area contributed by atoms with Gasteiger partial charge in [0.15, 0.2) is 5.78 Å². The number of fused-ring (bicyclic) bond motifs is 1. The van der Waals surface area contributed by atoms with Gasteiger partial charge in [-0.3, -0.25) is 9.78 Å². The lowest BCUT2D eigenvalue weighted by Gasteiger charge is -2.25. The van der Waals surface area contributed by atoms with Crippen LogP contribution in [0.15, 0.2) is 42.7 Å². The van der Waals surface area contributed by atoms with Crippen molar-refractivity contribution in [2.75, 3.05) is 5.73 Å². The predicted octanol–water partition coefficient (Wildman–Crippen LogP) is 2.37. The second-order valence-corrected chi connectivity index (χ2v) is 4.27. The van der Waals surface area contributed by atoms with Crippen LogP contribution in [0.4, 0.5) is 5.69 Å². The van der Waals surface area contributed by atoms with E-state index in [1.165, 1.54) is 0 Å². The van der Waals surface area contributed by atoms with E-state index in [1.807, 2.05) is 12.1 Å². The topological polar surface area (TPSA) is 65.2 Å². The van der Waals surface area contributed by atoms with Gasteiger partial charge in [-0.1, -0.05) is 0 Å². The summed E-state index contributed by atoms with van der Waals surface area (Å²) in [4.78, 5) is 16.0. The first-order valence-corrected chi connectivity index (χ1v) is 5.73. The second kappa shape index (κ2) is 4.14. The number of nitrogen functional groups attached to an aromatic ring is 1. The molecule has 1 aliphatic heterocycles. The number of rotatable bonds is 1. The summed E-state index contributed by atoms with van der Waals surface area (Å²) >= 11 is 0. The maximum Gasteiger partial charge on any atom is 0.170 e. The Balaban J connectivity index is 1.97. The molecule has 1 aromatic carbocycles. The van der Waals surface area contributed by atoms with Crippen molar-refractivity contribution < 1.29 is 9.53 Å². The third kappa shape index (κ3) is 1.82. The molecular weight excluding hydrogens is 228 g/mol. The number of ketones is 1. The van der Waals surface area contributed by atoms with Gasteiger partial charge in [0.25, 0.3) is 0 Å². The van der Waals surface area contributed by atoms with E-state index in [1.54, 1.807) is 30.6 Å². The summed E-state index contributed by atoms with van der Waals surface area (Å²) in [5.74, 6) is 0.660. The molecule has 18 heavy (non-hydrogen) atoms. The number of ether oxygens (including phenoxy) is 1. The molecule has 90 valence electrons. The molecule has 1 aliphatic rings. The fourth-order valence-corrected chi connectivity index (χ4v) is 2.11. The Morgan fingerprint density at radius 2 is 2.00 bits per heavy atom. The average molecular weight is 240 g/mol. The van der Waals surface area contributed by atoms with Gasteiger partial charge < -0.3 is 10.5 Å². The van der Waals surface area contributed by atoms with E-state index in [0.717, 1.165) is 5.56 Å². The standard InChI is InChI=1S/C14H12N2O2/c15-10-1-2-13-11(7-10)12(17)8-14(18-13)9-3-5-16-6-4-9/h1-7,14H,8,15H2. The Morgan fingerprint density at radius 1 is 1.22 bits per heavy atom. The third-order valence-electron chi connectivity index (χ3n) is 3.02. The first kappa shape index (κ1) is 10.8. The van der Waals surface area contributed by atoms with Crippen LogP contribution in [0, 0.1) is 0 Å². The first-order valence-electron chi connectivity index (χ1n) is 5.73. The summed E-state index contributed by atoms with van der Waals surface area (Å²) in [6, 6.07) is 8.87. The van der Waals surface area contributed by atoms with Crippen LogP contribution in [0.2, 0.25) is 0 Å². The summed E-state index contributed by atoms with van der Waals surface area (Å²) in [5.41, 5.74) is 7.78. The van der Waals surface area contributed by atoms with Gasteiger partial charge in [-0.2, -0.15) is 0 Å². The number of Topliss-reactive ketones (excluding diaryl/α,β-unsaturated/α-hetero) is 1. The second-order valence-electron chi connectivity index (χ2n) is 4.27. The molecule has 0 bridgehead atoms. The molecule has 0 aliphatic carbocycles. The molecule has 4 heteroatoms. The van der Waals surface area contributed by atoms with E-state index in [4.69, 9.17) is 10.5 Å².